The normalized spacial score (nSPS) is 12.9. The Morgan fingerprint density at radius 3 is 2.69 bits per heavy atom. The average molecular weight is 240 g/mol. The van der Waals surface area contributed by atoms with Gasteiger partial charge in [0.15, 0.2) is 0 Å². The van der Waals surface area contributed by atoms with Crippen molar-refractivity contribution in [3.63, 3.8) is 0 Å². The summed E-state index contributed by atoms with van der Waals surface area (Å²) in [7, 11) is 0. The first-order valence-electron chi connectivity index (χ1n) is 5.40. The molecule has 0 aliphatic rings. The monoisotopic (exact) mass is 239 g/mol. The number of benzene rings is 1. The molecule has 1 N–H and O–H groups in total. The van der Waals surface area contributed by atoms with Crippen LogP contribution in [0.5, 0.6) is 5.75 Å². The minimum atomic E-state index is 0.300. The topological polar surface area (TPSA) is 21.3 Å². The van der Waals surface area contributed by atoms with Crippen molar-refractivity contribution in [3.05, 3.63) is 41.4 Å². The summed E-state index contributed by atoms with van der Waals surface area (Å²) in [6.45, 7) is 5.56. The van der Waals surface area contributed by atoms with E-state index in [-0.39, 0.29) is 0 Å². The van der Waals surface area contributed by atoms with E-state index in [2.05, 4.69) is 19.2 Å². The maximum Gasteiger partial charge on any atom is 0.119 e. The summed E-state index contributed by atoms with van der Waals surface area (Å²) in [4.78, 5) is 0. The van der Waals surface area contributed by atoms with E-state index in [4.69, 9.17) is 16.3 Å². The van der Waals surface area contributed by atoms with Crippen molar-refractivity contribution in [2.45, 2.75) is 19.9 Å². The third-order valence-electron chi connectivity index (χ3n) is 2.19. The minimum Gasteiger partial charge on any atom is -0.492 e. The highest BCUT2D eigenvalue weighted by Gasteiger charge is 2.00. The Balaban J connectivity index is 2.25. The van der Waals surface area contributed by atoms with E-state index in [0.717, 1.165) is 12.3 Å². The first kappa shape index (κ1) is 13.1. The molecule has 88 valence electrons. The summed E-state index contributed by atoms with van der Waals surface area (Å²) in [5, 5.41) is 3.27. The predicted molar refractivity (Wildman–Crippen MR) is 69.1 cm³/mol. The summed E-state index contributed by atoms with van der Waals surface area (Å²) >= 11 is 5.42. The van der Waals surface area contributed by atoms with Crippen molar-refractivity contribution in [1.82, 2.24) is 5.32 Å². The van der Waals surface area contributed by atoms with Crippen LogP contribution in [0.1, 0.15) is 12.5 Å². The fourth-order valence-electron chi connectivity index (χ4n) is 1.23. The van der Waals surface area contributed by atoms with Crippen molar-refractivity contribution >= 4 is 11.6 Å². The van der Waals surface area contributed by atoms with E-state index in [0.29, 0.717) is 12.6 Å². The zero-order chi connectivity index (χ0) is 11.8. The predicted octanol–water partition coefficient (Wildman–Crippen LogP) is 3.10. The van der Waals surface area contributed by atoms with Gasteiger partial charge >= 0.3 is 0 Å². The summed E-state index contributed by atoms with van der Waals surface area (Å²) in [6.07, 6.45) is 1.87. The first-order chi connectivity index (χ1) is 7.72. The van der Waals surface area contributed by atoms with Gasteiger partial charge in [-0.1, -0.05) is 35.4 Å². The lowest BCUT2D eigenvalue weighted by Crippen LogP contribution is -2.31. The standard InChI is InChI=1S/C13H18ClNO/c1-11-4-6-13(7-5-11)16-10-12(2)15-9-3-8-14/h3-8,12,15H,9-10H2,1-2H3/b8-3+. The number of aryl methyl sites for hydroxylation is 1. The maximum absolute atomic E-state index is 5.63. The zero-order valence-electron chi connectivity index (χ0n) is 9.74. The van der Waals surface area contributed by atoms with E-state index in [1.54, 1.807) is 0 Å². The quantitative estimate of drug-likeness (QED) is 0.824. The molecule has 1 aromatic carbocycles. The summed E-state index contributed by atoms with van der Waals surface area (Å²) in [6, 6.07) is 8.36. The van der Waals surface area contributed by atoms with Gasteiger partial charge in [-0.25, -0.2) is 0 Å². The van der Waals surface area contributed by atoms with Crippen molar-refractivity contribution in [2.24, 2.45) is 0 Å². The van der Waals surface area contributed by atoms with Gasteiger partial charge in [0.2, 0.25) is 0 Å². The third-order valence-corrected chi connectivity index (χ3v) is 2.37. The highest BCUT2D eigenvalue weighted by atomic mass is 35.5. The van der Waals surface area contributed by atoms with Gasteiger partial charge in [0.25, 0.3) is 0 Å². The Morgan fingerprint density at radius 2 is 2.06 bits per heavy atom. The molecule has 0 aliphatic heterocycles. The third kappa shape index (κ3) is 5.19. The van der Waals surface area contributed by atoms with Crippen molar-refractivity contribution in [3.8, 4) is 5.75 Å². The Bertz CT molecular complexity index is 321. The summed E-state index contributed by atoms with van der Waals surface area (Å²) < 4.78 is 5.63. The van der Waals surface area contributed by atoms with Gasteiger partial charge in [-0.3, -0.25) is 0 Å². The number of nitrogens with one attached hydrogen (secondary N) is 1. The van der Waals surface area contributed by atoms with Crippen LogP contribution in [0.15, 0.2) is 35.9 Å². The first-order valence-corrected chi connectivity index (χ1v) is 5.84. The molecule has 2 nitrogen and oxygen atoms in total. The van der Waals surface area contributed by atoms with Crippen LogP contribution in [0.2, 0.25) is 0 Å². The van der Waals surface area contributed by atoms with Crippen LogP contribution in [-0.2, 0) is 0 Å². The van der Waals surface area contributed by atoms with Crippen LogP contribution >= 0.6 is 11.6 Å². The Morgan fingerprint density at radius 1 is 1.38 bits per heavy atom. The van der Waals surface area contributed by atoms with Crippen molar-refractivity contribution in [2.75, 3.05) is 13.2 Å². The molecule has 0 aromatic heterocycles. The van der Waals surface area contributed by atoms with Crippen LogP contribution in [0, 0.1) is 6.92 Å². The van der Waals surface area contributed by atoms with Gasteiger partial charge in [0, 0.05) is 18.1 Å². The number of hydrogen-bond donors (Lipinski definition) is 1. The molecule has 0 saturated heterocycles. The molecule has 0 saturated carbocycles. The molecular weight excluding hydrogens is 222 g/mol. The van der Waals surface area contributed by atoms with Gasteiger partial charge in [0.05, 0.1) is 0 Å². The van der Waals surface area contributed by atoms with Gasteiger partial charge in [0.1, 0.15) is 12.4 Å². The molecule has 0 radical (unpaired) electrons. The molecule has 1 atom stereocenters. The van der Waals surface area contributed by atoms with Crippen LogP contribution < -0.4 is 10.1 Å². The fourth-order valence-corrected chi connectivity index (χ4v) is 1.32. The number of halogens is 1. The van der Waals surface area contributed by atoms with E-state index in [9.17, 15) is 0 Å². The van der Waals surface area contributed by atoms with Crippen LogP contribution in [0.25, 0.3) is 0 Å². The number of ether oxygens (including phenoxy) is 1. The van der Waals surface area contributed by atoms with Gasteiger partial charge in [-0.15, -0.1) is 0 Å². The SMILES string of the molecule is Cc1ccc(OCC(C)NC/C=C/Cl)cc1. The Hall–Kier alpha value is -0.990. The molecule has 0 bridgehead atoms. The largest absolute Gasteiger partial charge is 0.492 e. The molecule has 0 heterocycles. The van der Waals surface area contributed by atoms with Crippen LogP contribution in [-0.4, -0.2) is 19.2 Å². The molecule has 0 fully saturated rings. The molecule has 0 aliphatic carbocycles. The van der Waals surface area contributed by atoms with E-state index in [1.807, 2.05) is 30.3 Å². The highest BCUT2D eigenvalue weighted by Crippen LogP contribution is 2.11. The number of hydrogen-bond acceptors (Lipinski definition) is 2. The lowest BCUT2D eigenvalue weighted by atomic mass is 10.2. The fraction of sp³-hybridized carbons (Fsp3) is 0.385. The second-order valence-electron chi connectivity index (χ2n) is 3.80. The van der Waals surface area contributed by atoms with Gasteiger partial charge in [-0.2, -0.15) is 0 Å². The van der Waals surface area contributed by atoms with Crippen molar-refractivity contribution in [1.29, 1.82) is 0 Å². The second-order valence-corrected chi connectivity index (χ2v) is 4.05. The molecule has 3 heteroatoms. The molecule has 1 unspecified atom stereocenters. The maximum atomic E-state index is 5.63. The molecule has 1 aromatic rings. The Kier molecular flexibility index (Phi) is 5.98. The van der Waals surface area contributed by atoms with E-state index < -0.39 is 0 Å². The van der Waals surface area contributed by atoms with E-state index in [1.165, 1.54) is 11.1 Å². The summed E-state index contributed by atoms with van der Waals surface area (Å²) in [5.41, 5.74) is 2.76. The van der Waals surface area contributed by atoms with Crippen LogP contribution in [0.3, 0.4) is 0 Å². The molecule has 16 heavy (non-hydrogen) atoms. The molecular formula is C13H18ClNO. The average Bonchev–Trinajstić information content (AvgIpc) is 2.29. The summed E-state index contributed by atoms with van der Waals surface area (Å²) in [5.74, 6) is 0.909. The van der Waals surface area contributed by atoms with Crippen LogP contribution in [0.4, 0.5) is 0 Å². The molecule has 0 amide bonds. The molecule has 0 spiro atoms. The van der Waals surface area contributed by atoms with Crippen molar-refractivity contribution < 1.29 is 4.74 Å². The second kappa shape index (κ2) is 7.31. The smallest absolute Gasteiger partial charge is 0.119 e. The Labute approximate surface area is 102 Å². The van der Waals surface area contributed by atoms with E-state index >= 15 is 0 Å². The number of rotatable bonds is 6. The highest BCUT2D eigenvalue weighted by molar-refractivity contribution is 6.25. The zero-order valence-corrected chi connectivity index (χ0v) is 10.5. The lowest BCUT2D eigenvalue weighted by molar-refractivity contribution is 0.277. The van der Waals surface area contributed by atoms with Gasteiger partial charge in [-0.05, 0) is 26.0 Å². The molecule has 1 rings (SSSR count). The minimum absolute atomic E-state index is 0.300. The van der Waals surface area contributed by atoms with Gasteiger partial charge < -0.3 is 10.1 Å². The lowest BCUT2D eigenvalue weighted by Gasteiger charge is -2.13.